The summed E-state index contributed by atoms with van der Waals surface area (Å²) >= 11 is 3.81. The van der Waals surface area contributed by atoms with Crippen LogP contribution in [0.1, 0.15) is 6.42 Å². The average Bonchev–Trinajstić information content (AvgIpc) is 2.15. The molecular weight excluding hydrogens is 212 g/mol. The van der Waals surface area contributed by atoms with Crippen LogP contribution in [0.25, 0.3) is 0 Å². The number of ether oxygens (including phenoxy) is 1. The summed E-state index contributed by atoms with van der Waals surface area (Å²) in [6.45, 7) is -0.0510. The lowest BCUT2D eigenvalue weighted by Gasteiger charge is -2.08. The number of rotatable bonds is 7. The highest BCUT2D eigenvalue weighted by Crippen LogP contribution is 1.91. The van der Waals surface area contributed by atoms with Crippen LogP contribution in [0.5, 0.6) is 0 Å². The van der Waals surface area contributed by atoms with Gasteiger partial charge in [0.2, 0.25) is 0 Å². The number of nitrogens with zero attached hydrogens (tertiary/aromatic N) is 1. The van der Waals surface area contributed by atoms with Crippen LogP contribution >= 0.6 is 12.6 Å². The second kappa shape index (κ2) is 7.39. The topological polar surface area (TPSA) is 105 Å². The Kier molecular flexibility index (Phi) is 6.85. The predicted octanol–water partition coefficient (Wildman–Crippen LogP) is -0.615. The maximum absolute atomic E-state index is 10.9. The molecule has 0 aliphatic heterocycles. The van der Waals surface area contributed by atoms with Gasteiger partial charge >= 0.3 is 5.97 Å². The molecule has 0 aliphatic carbocycles. The van der Waals surface area contributed by atoms with E-state index < -0.39 is 17.1 Å². The first-order valence-corrected chi connectivity index (χ1v) is 4.51. The standard InChI is InChI=1S/C6H12N2O5S/c7-5(4-14)6(9)12-2-1-3-13-8(10)11/h5,14H,1-4,7H2. The number of hydrogen-bond donors (Lipinski definition) is 2. The normalized spacial score (nSPS) is 11.9. The minimum absolute atomic E-state index is 0.0498. The van der Waals surface area contributed by atoms with Crippen molar-refractivity contribution in [2.75, 3.05) is 19.0 Å². The Morgan fingerprint density at radius 2 is 2.21 bits per heavy atom. The van der Waals surface area contributed by atoms with Crippen LogP contribution in [0.3, 0.4) is 0 Å². The molecule has 0 aromatic rings. The van der Waals surface area contributed by atoms with Crippen LogP contribution in [-0.2, 0) is 14.4 Å². The fraction of sp³-hybridized carbons (Fsp3) is 0.833. The highest BCUT2D eigenvalue weighted by Gasteiger charge is 2.12. The Bertz CT molecular complexity index is 201. The quantitative estimate of drug-likeness (QED) is 0.196. The Morgan fingerprint density at radius 1 is 1.57 bits per heavy atom. The summed E-state index contributed by atoms with van der Waals surface area (Å²) in [5, 5.41) is 8.79. The summed E-state index contributed by atoms with van der Waals surface area (Å²) in [5.74, 6) is -0.370. The van der Waals surface area contributed by atoms with Gasteiger partial charge in [-0.05, 0) is 0 Å². The van der Waals surface area contributed by atoms with Gasteiger partial charge in [0.1, 0.15) is 6.04 Å². The van der Waals surface area contributed by atoms with E-state index >= 15 is 0 Å². The maximum atomic E-state index is 10.9. The fourth-order valence-electron chi connectivity index (χ4n) is 0.552. The van der Waals surface area contributed by atoms with Gasteiger partial charge < -0.3 is 15.3 Å². The lowest BCUT2D eigenvalue weighted by atomic mass is 10.4. The van der Waals surface area contributed by atoms with E-state index in [0.717, 1.165) is 0 Å². The summed E-state index contributed by atoms with van der Waals surface area (Å²) in [4.78, 5) is 24.6. The molecule has 0 saturated carbocycles. The van der Waals surface area contributed by atoms with Gasteiger partial charge in [0.15, 0.2) is 0 Å². The Labute approximate surface area is 86.1 Å². The van der Waals surface area contributed by atoms with Gasteiger partial charge in [-0.1, -0.05) is 0 Å². The van der Waals surface area contributed by atoms with Crippen molar-refractivity contribution in [3.8, 4) is 0 Å². The predicted molar refractivity (Wildman–Crippen MR) is 50.4 cm³/mol. The molecule has 0 heterocycles. The molecule has 0 amide bonds. The summed E-state index contributed by atoms with van der Waals surface area (Å²) in [6.07, 6.45) is 0.256. The van der Waals surface area contributed by atoms with Crippen molar-refractivity contribution in [1.82, 2.24) is 0 Å². The molecule has 82 valence electrons. The number of carbonyl (C=O) groups excluding carboxylic acids is 1. The fourth-order valence-corrected chi connectivity index (χ4v) is 0.701. The van der Waals surface area contributed by atoms with Crippen LogP contribution in [0.2, 0.25) is 0 Å². The van der Waals surface area contributed by atoms with Crippen molar-refractivity contribution in [1.29, 1.82) is 0 Å². The first kappa shape index (κ1) is 13.0. The van der Waals surface area contributed by atoms with Gasteiger partial charge in [-0.25, -0.2) is 0 Å². The third-order valence-corrected chi connectivity index (χ3v) is 1.62. The van der Waals surface area contributed by atoms with E-state index in [9.17, 15) is 14.9 Å². The van der Waals surface area contributed by atoms with Crippen molar-refractivity contribution in [3.05, 3.63) is 10.1 Å². The molecule has 0 aromatic carbocycles. The second-order valence-corrected chi connectivity index (χ2v) is 2.73. The van der Waals surface area contributed by atoms with Crippen LogP contribution in [0, 0.1) is 10.1 Å². The zero-order valence-corrected chi connectivity index (χ0v) is 8.31. The van der Waals surface area contributed by atoms with Crippen molar-refractivity contribution in [2.24, 2.45) is 5.73 Å². The van der Waals surface area contributed by atoms with Gasteiger partial charge in [0, 0.05) is 12.2 Å². The van der Waals surface area contributed by atoms with E-state index in [1.807, 2.05) is 0 Å². The Hall–Kier alpha value is -1.02. The number of esters is 1. The van der Waals surface area contributed by atoms with Gasteiger partial charge in [-0.2, -0.15) is 12.6 Å². The largest absolute Gasteiger partial charge is 0.464 e. The number of nitrogens with two attached hydrogens (primary N) is 1. The summed E-state index contributed by atoms with van der Waals surface area (Å²) in [6, 6.07) is -0.755. The Morgan fingerprint density at radius 3 is 2.71 bits per heavy atom. The van der Waals surface area contributed by atoms with Crippen molar-refractivity contribution >= 4 is 18.6 Å². The van der Waals surface area contributed by atoms with Gasteiger partial charge in [0.05, 0.1) is 13.2 Å². The zero-order valence-electron chi connectivity index (χ0n) is 7.42. The number of carbonyl (C=O) groups is 1. The molecular formula is C6H12N2O5S. The average molecular weight is 224 g/mol. The van der Waals surface area contributed by atoms with Gasteiger partial charge in [0.25, 0.3) is 5.09 Å². The minimum atomic E-state index is -0.902. The van der Waals surface area contributed by atoms with Gasteiger partial charge in [-0.15, -0.1) is 10.1 Å². The molecule has 0 spiro atoms. The van der Waals surface area contributed by atoms with Crippen molar-refractivity contribution in [2.45, 2.75) is 12.5 Å². The van der Waals surface area contributed by atoms with Crippen LogP contribution in [0.15, 0.2) is 0 Å². The third-order valence-electron chi connectivity index (χ3n) is 1.23. The first-order chi connectivity index (χ1) is 6.57. The van der Waals surface area contributed by atoms with E-state index in [4.69, 9.17) is 5.73 Å². The first-order valence-electron chi connectivity index (χ1n) is 3.88. The molecule has 0 fully saturated rings. The molecule has 14 heavy (non-hydrogen) atoms. The molecule has 1 atom stereocenters. The second-order valence-electron chi connectivity index (χ2n) is 2.37. The molecule has 0 saturated heterocycles. The number of hydrogen-bond acceptors (Lipinski definition) is 7. The highest BCUT2D eigenvalue weighted by atomic mass is 32.1. The summed E-state index contributed by atoms with van der Waals surface area (Å²) in [7, 11) is 0. The number of thiol groups is 1. The van der Waals surface area contributed by atoms with E-state index in [1.165, 1.54) is 0 Å². The SMILES string of the molecule is NC(CS)C(=O)OCCCO[N+](=O)[O-]. The molecule has 0 bridgehead atoms. The van der Waals surface area contributed by atoms with Crippen molar-refractivity contribution < 1.29 is 19.5 Å². The van der Waals surface area contributed by atoms with E-state index in [-0.39, 0.29) is 25.4 Å². The molecule has 2 N–H and O–H groups in total. The molecule has 0 radical (unpaired) electrons. The van der Waals surface area contributed by atoms with Crippen molar-refractivity contribution in [3.63, 3.8) is 0 Å². The Balaban J connectivity index is 3.36. The van der Waals surface area contributed by atoms with Gasteiger partial charge in [-0.3, -0.25) is 4.79 Å². The molecule has 0 rings (SSSR count). The third kappa shape index (κ3) is 6.49. The lowest BCUT2D eigenvalue weighted by molar-refractivity contribution is -0.757. The molecule has 0 aliphatic rings. The minimum Gasteiger partial charge on any atom is -0.464 e. The monoisotopic (exact) mass is 224 g/mol. The maximum Gasteiger partial charge on any atom is 0.323 e. The van der Waals surface area contributed by atoms with E-state index in [1.54, 1.807) is 0 Å². The van der Waals surface area contributed by atoms with Crippen LogP contribution in [0.4, 0.5) is 0 Å². The zero-order chi connectivity index (χ0) is 11.0. The molecule has 7 nitrogen and oxygen atoms in total. The highest BCUT2D eigenvalue weighted by molar-refractivity contribution is 7.80. The lowest BCUT2D eigenvalue weighted by Crippen LogP contribution is -2.34. The van der Waals surface area contributed by atoms with Crippen LogP contribution < -0.4 is 5.73 Å². The summed E-state index contributed by atoms with van der Waals surface area (Å²) < 4.78 is 4.66. The summed E-state index contributed by atoms with van der Waals surface area (Å²) in [5.41, 5.74) is 5.29. The molecule has 1 unspecified atom stereocenters. The van der Waals surface area contributed by atoms with E-state index in [0.29, 0.717) is 0 Å². The molecule has 8 heteroatoms. The van der Waals surface area contributed by atoms with Crippen LogP contribution in [-0.4, -0.2) is 36.1 Å². The smallest absolute Gasteiger partial charge is 0.323 e. The molecule has 0 aromatic heterocycles. The van der Waals surface area contributed by atoms with E-state index in [2.05, 4.69) is 22.2 Å².